The Hall–Kier alpha value is -2.17. The van der Waals surface area contributed by atoms with Crippen molar-refractivity contribution in [3.63, 3.8) is 0 Å². The van der Waals surface area contributed by atoms with E-state index in [1.165, 1.54) is 23.1 Å². The number of ether oxygens (including phenoxy) is 1. The van der Waals surface area contributed by atoms with Gasteiger partial charge in [-0.1, -0.05) is 56.3 Å². The van der Waals surface area contributed by atoms with E-state index in [9.17, 15) is 4.79 Å². The number of carbonyl (C=O) groups excluding carboxylic acids is 1. The predicted molar refractivity (Wildman–Crippen MR) is 120 cm³/mol. The van der Waals surface area contributed by atoms with E-state index in [0.717, 1.165) is 58.7 Å². The number of aldehydes is 1. The molecule has 0 saturated carbocycles. The first-order valence-corrected chi connectivity index (χ1v) is 10.9. The summed E-state index contributed by atoms with van der Waals surface area (Å²) in [4.78, 5) is 17.1. The Morgan fingerprint density at radius 2 is 1.62 bits per heavy atom. The first kappa shape index (κ1) is 21.5. The smallest absolute Gasteiger partial charge is 0.140 e. The average molecular weight is 395 g/mol. The lowest BCUT2D eigenvalue weighted by atomic mass is 9.84. The molecule has 0 aliphatic carbocycles. The molecule has 0 amide bonds. The minimum Gasteiger partial charge on any atom is -0.378 e. The van der Waals surface area contributed by atoms with Crippen molar-refractivity contribution < 1.29 is 9.53 Å². The van der Waals surface area contributed by atoms with Gasteiger partial charge in [0.2, 0.25) is 0 Å². The minimum atomic E-state index is -0.465. The van der Waals surface area contributed by atoms with Crippen LogP contribution in [0.4, 0.5) is 5.69 Å². The van der Waals surface area contributed by atoms with Crippen molar-refractivity contribution in [3.8, 4) is 0 Å². The molecule has 1 unspecified atom stereocenters. The molecule has 29 heavy (non-hydrogen) atoms. The van der Waals surface area contributed by atoms with Crippen molar-refractivity contribution in [2.24, 2.45) is 0 Å². The second-order valence-electron chi connectivity index (χ2n) is 7.82. The Labute approximate surface area is 175 Å². The summed E-state index contributed by atoms with van der Waals surface area (Å²) >= 11 is 0. The van der Waals surface area contributed by atoms with E-state index in [4.69, 9.17) is 4.74 Å². The van der Waals surface area contributed by atoms with Crippen LogP contribution in [-0.4, -0.2) is 56.1 Å². The summed E-state index contributed by atoms with van der Waals surface area (Å²) in [6.45, 7) is 9.53. The van der Waals surface area contributed by atoms with Gasteiger partial charge in [0, 0.05) is 18.8 Å². The molecule has 0 spiro atoms. The van der Waals surface area contributed by atoms with Gasteiger partial charge in [0.05, 0.1) is 18.8 Å². The molecule has 2 aromatic rings. The Morgan fingerprint density at radius 3 is 2.21 bits per heavy atom. The normalized spacial score (nSPS) is 16.6. The summed E-state index contributed by atoms with van der Waals surface area (Å²) in [6, 6.07) is 19.2. The van der Waals surface area contributed by atoms with E-state index in [2.05, 4.69) is 72.2 Å². The van der Waals surface area contributed by atoms with Crippen molar-refractivity contribution in [2.75, 3.05) is 44.3 Å². The van der Waals surface area contributed by atoms with Crippen LogP contribution in [0.2, 0.25) is 0 Å². The molecule has 0 N–H and O–H groups in total. The molecular weight excluding hydrogens is 360 g/mol. The van der Waals surface area contributed by atoms with Gasteiger partial charge in [-0.05, 0) is 55.6 Å². The maximum absolute atomic E-state index is 12.4. The van der Waals surface area contributed by atoms with E-state index in [-0.39, 0.29) is 0 Å². The van der Waals surface area contributed by atoms with Crippen LogP contribution in [0.5, 0.6) is 0 Å². The fourth-order valence-corrected chi connectivity index (χ4v) is 4.39. The fraction of sp³-hybridized carbons (Fsp3) is 0.480. The zero-order chi connectivity index (χ0) is 20.5. The summed E-state index contributed by atoms with van der Waals surface area (Å²) in [6.07, 6.45) is 3.66. The third-order valence-electron chi connectivity index (χ3n) is 6.12. The van der Waals surface area contributed by atoms with Crippen molar-refractivity contribution >= 4 is 12.0 Å². The van der Waals surface area contributed by atoms with Gasteiger partial charge < -0.3 is 14.4 Å². The van der Waals surface area contributed by atoms with Gasteiger partial charge in [0.15, 0.2) is 0 Å². The van der Waals surface area contributed by atoms with Crippen LogP contribution in [0, 0.1) is 0 Å². The molecule has 1 heterocycles. The molecule has 156 valence electrons. The Morgan fingerprint density at radius 1 is 0.966 bits per heavy atom. The van der Waals surface area contributed by atoms with E-state index in [1.54, 1.807) is 0 Å². The molecule has 4 heteroatoms. The van der Waals surface area contributed by atoms with Gasteiger partial charge in [-0.15, -0.1) is 0 Å². The molecule has 1 atom stereocenters. The number of hydrogen-bond donors (Lipinski definition) is 0. The number of aryl methyl sites for hydroxylation is 1. The fourth-order valence-electron chi connectivity index (χ4n) is 4.39. The minimum absolute atomic E-state index is 0.465. The average Bonchev–Trinajstić information content (AvgIpc) is 2.79. The maximum Gasteiger partial charge on any atom is 0.140 e. The molecule has 1 fully saturated rings. The van der Waals surface area contributed by atoms with Gasteiger partial charge >= 0.3 is 0 Å². The lowest BCUT2D eigenvalue weighted by Gasteiger charge is -2.39. The number of likely N-dealkylation sites (N-methyl/N-ethyl adjacent to an activating group) is 1. The zero-order valence-corrected chi connectivity index (χ0v) is 17.8. The van der Waals surface area contributed by atoms with Gasteiger partial charge in [0.25, 0.3) is 0 Å². The van der Waals surface area contributed by atoms with Crippen LogP contribution in [0.3, 0.4) is 0 Å². The highest BCUT2D eigenvalue weighted by molar-refractivity contribution is 5.65. The molecule has 3 rings (SSSR count). The lowest BCUT2D eigenvalue weighted by Crippen LogP contribution is -2.52. The maximum atomic E-state index is 12.4. The SMILES string of the molecule is CCN(CC)C(C=O)(CCc1ccc(N2CCOCC2)cc1)Cc1ccccc1. The summed E-state index contributed by atoms with van der Waals surface area (Å²) in [5.74, 6) is 0. The first-order chi connectivity index (χ1) is 14.2. The van der Waals surface area contributed by atoms with Crippen LogP contribution in [0.25, 0.3) is 0 Å². The Balaban J connectivity index is 1.72. The van der Waals surface area contributed by atoms with Gasteiger partial charge in [-0.2, -0.15) is 0 Å². The Kier molecular flexibility index (Phi) is 7.84. The van der Waals surface area contributed by atoms with Crippen LogP contribution in [-0.2, 0) is 22.4 Å². The number of morpholine rings is 1. The second kappa shape index (κ2) is 10.6. The molecule has 1 saturated heterocycles. The van der Waals surface area contributed by atoms with E-state index in [0.29, 0.717) is 0 Å². The molecule has 1 aliphatic heterocycles. The van der Waals surface area contributed by atoms with Crippen LogP contribution < -0.4 is 4.90 Å². The van der Waals surface area contributed by atoms with E-state index >= 15 is 0 Å². The predicted octanol–water partition coefficient (Wildman–Crippen LogP) is 3.98. The number of carbonyl (C=O) groups is 1. The number of rotatable bonds is 10. The summed E-state index contributed by atoms with van der Waals surface area (Å²) < 4.78 is 5.45. The molecule has 0 aromatic heterocycles. The van der Waals surface area contributed by atoms with Crippen molar-refractivity contribution in [2.45, 2.75) is 38.6 Å². The Bertz CT molecular complexity index is 737. The van der Waals surface area contributed by atoms with E-state index < -0.39 is 5.54 Å². The number of hydrogen-bond acceptors (Lipinski definition) is 4. The second-order valence-corrected chi connectivity index (χ2v) is 7.82. The summed E-state index contributed by atoms with van der Waals surface area (Å²) in [5, 5.41) is 0. The molecule has 0 bridgehead atoms. The van der Waals surface area contributed by atoms with Crippen LogP contribution in [0.1, 0.15) is 31.4 Å². The van der Waals surface area contributed by atoms with Crippen molar-refractivity contribution in [3.05, 3.63) is 65.7 Å². The van der Waals surface area contributed by atoms with Crippen molar-refractivity contribution in [1.29, 1.82) is 0 Å². The summed E-state index contributed by atoms with van der Waals surface area (Å²) in [7, 11) is 0. The highest BCUT2D eigenvalue weighted by atomic mass is 16.5. The number of anilines is 1. The van der Waals surface area contributed by atoms with Gasteiger partial charge in [0.1, 0.15) is 6.29 Å². The largest absolute Gasteiger partial charge is 0.378 e. The topological polar surface area (TPSA) is 32.8 Å². The molecule has 1 aliphatic rings. The first-order valence-electron chi connectivity index (χ1n) is 10.9. The number of benzene rings is 2. The third kappa shape index (κ3) is 5.46. The number of nitrogens with zero attached hydrogens (tertiary/aromatic N) is 2. The van der Waals surface area contributed by atoms with Crippen LogP contribution in [0.15, 0.2) is 54.6 Å². The highest BCUT2D eigenvalue weighted by Gasteiger charge is 2.35. The van der Waals surface area contributed by atoms with Gasteiger partial charge in [-0.3, -0.25) is 4.90 Å². The highest BCUT2D eigenvalue weighted by Crippen LogP contribution is 2.26. The molecule has 0 radical (unpaired) electrons. The summed E-state index contributed by atoms with van der Waals surface area (Å²) in [5.41, 5.74) is 3.29. The van der Waals surface area contributed by atoms with Crippen molar-refractivity contribution in [1.82, 2.24) is 4.90 Å². The lowest BCUT2D eigenvalue weighted by molar-refractivity contribution is -0.119. The van der Waals surface area contributed by atoms with Gasteiger partial charge in [-0.25, -0.2) is 0 Å². The molecule has 2 aromatic carbocycles. The third-order valence-corrected chi connectivity index (χ3v) is 6.12. The quantitative estimate of drug-likeness (QED) is 0.571. The zero-order valence-electron chi connectivity index (χ0n) is 17.8. The monoisotopic (exact) mass is 394 g/mol. The standard InChI is InChI=1S/C25H34N2O2/c1-3-27(4-2)25(21-28,20-23-8-6-5-7-9-23)15-14-22-10-12-24(13-11-22)26-16-18-29-19-17-26/h5-13,21H,3-4,14-20H2,1-2H3. The molecule has 4 nitrogen and oxygen atoms in total. The molecular formula is C25H34N2O2. The van der Waals surface area contributed by atoms with Crippen LogP contribution >= 0.6 is 0 Å². The van der Waals surface area contributed by atoms with E-state index in [1.807, 2.05) is 6.07 Å².